The Balaban J connectivity index is 1.61. The Morgan fingerprint density at radius 2 is 2.10 bits per heavy atom. The molecular weight excluding hydrogens is 376 g/mol. The van der Waals surface area contributed by atoms with Gasteiger partial charge in [0.05, 0.1) is 11.4 Å². The molecule has 8 nitrogen and oxygen atoms in total. The van der Waals surface area contributed by atoms with E-state index in [2.05, 4.69) is 48.9 Å². The van der Waals surface area contributed by atoms with Gasteiger partial charge in [0.1, 0.15) is 17.8 Å². The smallest absolute Gasteiger partial charge is 0.214 e. The standard InChI is InChI=1S/C22H26N8/c1-15(2)19-12-29(21-17-8-9-24-20(17)26-14-27-21)10-11-30(19)22(25-13-23)28-18-7-5-4-6-16(18)3/h4-9,14-15,19H,10-12H2,1-3H3,(H,25,28)(H,24,26,27). The van der Waals surface area contributed by atoms with Crippen molar-refractivity contribution in [3.05, 3.63) is 48.4 Å². The maximum absolute atomic E-state index is 9.33. The number of aromatic amines is 1. The molecule has 3 heterocycles. The van der Waals surface area contributed by atoms with Crippen LogP contribution in [0.15, 0.2) is 47.8 Å². The van der Waals surface area contributed by atoms with Gasteiger partial charge in [-0.3, -0.25) is 0 Å². The number of nitrogens with zero attached hydrogens (tertiary/aromatic N) is 6. The molecule has 1 unspecified atom stereocenters. The lowest BCUT2D eigenvalue weighted by atomic mass is 9.99. The van der Waals surface area contributed by atoms with Crippen molar-refractivity contribution in [3.63, 3.8) is 0 Å². The van der Waals surface area contributed by atoms with Gasteiger partial charge in [0.2, 0.25) is 12.2 Å². The summed E-state index contributed by atoms with van der Waals surface area (Å²) < 4.78 is 0. The van der Waals surface area contributed by atoms with Gasteiger partial charge in [0.15, 0.2) is 0 Å². The Morgan fingerprint density at radius 3 is 2.87 bits per heavy atom. The number of anilines is 2. The minimum Gasteiger partial charge on any atom is -0.352 e. The van der Waals surface area contributed by atoms with Crippen molar-refractivity contribution in [1.82, 2.24) is 19.9 Å². The highest BCUT2D eigenvalue weighted by molar-refractivity contribution is 5.95. The molecule has 1 aliphatic heterocycles. The predicted octanol–water partition coefficient (Wildman–Crippen LogP) is 3.36. The van der Waals surface area contributed by atoms with Gasteiger partial charge in [0, 0.05) is 31.5 Å². The number of hydrogen-bond acceptors (Lipinski definition) is 5. The third kappa shape index (κ3) is 3.79. The second-order valence-electron chi connectivity index (χ2n) is 7.86. The molecular formula is C22H26N8. The Morgan fingerprint density at radius 1 is 1.27 bits per heavy atom. The maximum atomic E-state index is 9.33. The lowest BCUT2D eigenvalue weighted by Gasteiger charge is -2.45. The summed E-state index contributed by atoms with van der Waals surface area (Å²) in [5.41, 5.74) is 2.91. The van der Waals surface area contributed by atoms with Crippen LogP contribution in [0, 0.1) is 24.3 Å². The van der Waals surface area contributed by atoms with Crippen molar-refractivity contribution in [2.45, 2.75) is 26.8 Å². The van der Waals surface area contributed by atoms with Gasteiger partial charge in [-0.1, -0.05) is 32.0 Å². The van der Waals surface area contributed by atoms with E-state index in [0.29, 0.717) is 11.9 Å². The monoisotopic (exact) mass is 402 g/mol. The number of aliphatic imine (C=N–C) groups is 1. The van der Waals surface area contributed by atoms with Crippen LogP contribution < -0.4 is 10.2 Å². The normalized spacial score (nSPS) is 17.4. The molecule has 30 heavy (non-hydrogen) atoms. The third-order valence-electron chi connectivity index (χ3n) is 5.64. The average Bonchev–Trinajstić information content (AvgIpc) is 3.23. The summed E-state index contributed by atoms with van der Waals surface area (Å²) in [6.45, 7) is 8.74. The van der Waals surface area contributed by atoms with Crippen LogP contribution in [-0.2, 0) is 0 Å². The minimum atomic E-state index is 0.173. The number of piperazine rings is 1. The van der Waals surface area contributed by atoms with Crippen molar-refractivity contribution in [3.8, 4) is 6.19 Å². The maximum Gasteiger partial charge on any atom is 0.214 e. The topological polar surface area (TPSA) is 96.2 Å². The molecule has 2 N–H and O–H groups in total. The van der Waals surface area contributed by atoms with E-state index in [4.69, 9.17) is 0 Å². The molecule has 0 bridgehead atoms. The fourth-order valence-electron chi connectivity index (χ4n) is 3.99. The molecule has 8 heteroatoms. The molecule has 1 atom stereocenters. The first-order valence-electron chi connectivity index (χ1n) is 10.2. The number of aryl methyl sites for hydroxylation is 1. The minimum absolute atomic E-state index is 0.173. The molecule has 1 aromatic carbocycles. The van der Waals surface area contributed by atoms with Crippen molar-refractivity contribution >= 4 is 28.5 Å². The van der Waals surface area contributed by atoms with E-state index in [9.17, 15) is 5.26 Å². The van der Waals surface area contributed by atoms with Crippen LogP contribution in [0.2, 0.25) is 0 Å². The first kappa shape index (κ1) is 19.7. The van der Waals surface area contributed by atoms with Crippen LogP contribution in [0.4, 0.5) is 11.5 Å². The summed E-state index contributed by atoms with van der Waals surface area (Å²) in [6.07, 6.45) is 5.47. The van der Waals surface area contributed by atoms with Gasteiger partial charge < -0.3 is 20.1 Å². The van der Waals surface area contributed by atoms with Crippen molar-refractivity contribution in [2.75, 3.05) is 29.9 Å². The number of para-hydroxylation sites is 1. The number of aromatic nitrogens is 3. The van der Waals surface area contributed by atoms with E-state index in [1.165, 1.54) is 0 Å². The number of benzene rings is 1. The molecule has 0 radical (unpaired) electrons. The van der Waals surface area contributed by atoms with Crippen LogP contribution in [0.3, 0.4) is 0 Å². The lowest BCUT2D eigenvalue weighted by molar-refractivity contribution is 0.224. The molecule has 4 rings (SSSR count). The molecule has 0 amide bonds. The first-order valence-corrected chi connectivity index (χ1v) is 10.2. The number of guanidine groups is 1. The van der Waals surface area contributed by atoms with Crippen molar-refractivity contribution in [2.24, 2.45) is 10.9 Å². The van der Waals surface area contributed by atoms with E-state index in [1.54, 1.807) is 6.33 Å². The van der Waals surface area contributed by atoms with E-state index in [0.717, 1.165) is 47.7 Å². The zero-order chi connectivity index (χ0) is 21.1. The fraction of sp³-hybridized carbons (Fsp3) is 0.364. The lowest BCUT2D eigenvalue weighted by Crippen LogP contribution is -2.58. The Kier molecular flexibility index (Phi) is 5.53. The van der Waals surface area contributed by atoms with Crippen LogP contribution in [0.25, 0.3) is 11.0 Å². The number of nitriles is 1. The molecule has 0 saturated carbocycles. The quantitative estimate of drug-likeness (QED) is 0.396. The summed E-state index contributed by atoms with van der Waals surface area (Å²) in [4.78, 5) is 20.7. The van der Waals surface area contributed by atoms with Gasteiger partial charge in [0.25, 0.3) is 0 Å². The molecule has 1 aliphatic rings. The van der Waals surface area contributed by atoms with Crippen molar-refractivity contribution < 1.29 is 0 Å². The highest BCUT2D eigenvalue weighted by Gasteiger charge is 2.33. The van der Waals surface area contributed by atoms with E-state index < -0.39 is 0 Å². The molecule has 2 aromatic heterocycles. The van der Waals surface area contributed by atoms with E-state index in [-0.39, 0.29) is 6.04 Å². The number of fused-ring (bicyclic) bond motifs is 1. The highest BCUT2D eigenvalue weighted by atomic mass is 15.4. The van der Waals surface area contributed by atoms with Crippen LogP contribution >= 0.6 is 0 Å². The van der Waals surface area contributed by atoms with Gasteiger partial charge >= 0.3 is 0 Å². The third-order valence-corrected chi connectivity index (χ3v) is 5.64. The summed E-state index contributed by atoms with van der Waals surface area (Å²) in [7, 11) is 0. The fourth-order valence-corrected chi connectivity index (χ4v) is 3.99. The molecule has 1 fully saturated rings. The van der Waals surface area contributed by atoms with Gasteiger partial charge in [-0.2, -0.15) is 5.26 Å². The van der Waals surface area contributed by atoms with Crippen LogP contribution in [0.5, 0.6) is 0 Å². The molecule has 3 aromatic rings. The second-order valence-corrected chi connectivity index (χ2v) is 7.86. The van der Waals surface area contributed by atoms with E-state index in [1.807, 2.05) is 49.6 Å². The Bertz CT molecular complexity index is 1090. The number of hydrogen-bond donors (Lipinski definition) is 2. The summed E-state index contributed by atoms with van der Waals surface area (Å²) in [5.74, 6) is 1.90. The number of H-pyrrole nitrogens is 1. The molecule has 1 saturated heterocycles. The molecule has 0 aliphatic carbocycles. The summed E-state index contributed by atoms with van der Waals surface area (Å²) >= 11 is 0. The SMILES string of the molecule is Cc1ccccc1N/C(=N/C#N)N1CCN(c2ncnc3[nH]ccc23)CC1C(C)C. The van der Waals surface area contributed by atoms with Crippen LogP contribution in [0.1, 0.15) is 19.4 Å². The van der Waals surface area contributed by atoms with E-state index >= 15 is 0 Å². The largest absolute Gasteiger partial charge is 0.352 e. The van der Waals surface area contributed by atoms with Crippen LogP contribution in [-0.4, -0.2) is 51.5 Å². The second kappa shape index (κ2) is 8.41. The predicted molar refractivity (Wildman–Crippen MR) is 119 cm³/mol. The highest BCUT2D eigenvalue weighted by Crippen LogP contribution is 2.27. The number of nitrogens with one attached hydrogen (secondary N) is 2. The van der Waals surface area contributed by atoms with Gasteiger partial charge in [-0.25, -0.2) is 9.97 Å². The zero-order valence-corrected chi connectivity index (χ0v) is 17.5. The summed E-state index contributed by atoms with van der Waals surface area (Å²) in [6, 6.07) is 10.2. The average molecular weight is 403 g/mol. The Labute approximate surface area is 176 Å². The van der Waals surface area contributed by atoms with Gasteiger partial charge in [-0.05, 0) is 30.5 Å². The van der Waals surface area contributed by atoms with Gasteiger partial charge in [-0.15, -0.1) is 4.99 Å². The first-order chi connectivity index (χ1) is 14.6. The Hall–Kier alpha value is -3.60. The van der Waals surface area contributed by atoms with Crippen molar-refractivity contribution in [1.29, 1.82) is 5.26 Å². The zero-order valence-electron chi connectivity index (χ0n) is 17.5. The molecule has 0 spiro atoms. The number of rotatable bonds is 3. The summed E-state index contributed by atoms with van der Waals surface area (Å²) in [5, 5.41) is 13.7. The molecule has 154 valence electrons.